The second-order valence-corrected chi connectivity index (χ2v) is 5.33. The van der Waals surface area contributed by atoms with Crippen LogP contribution in [0.3, 0.4) is 0 Å². The lowest BCUT2D eigenvalue weighted by Gasteiger charge is -2.22. The van der Waals surface area contributed by atoms with E-state index in [1.54, 1.807) is 0 Å². The first-order valence-corrected chi connectivity index (χ1v) is 7.37. The number of benzene rings is 1. The van der Waals surface area contributed by atoms with Crippen LogP contribution < -0.4 is 14.8 Å². The standard InChI is InChI=1S/C14H11F3N4O6/c15-14(16,17)27-9-3-1-2-8(4-9)18-13(22)26-10-5-20-6-11(21(23)24)19-12(20)25-7-10/h1-4,6,10H,5,7H2,(H,18,22). The van der Waals surface area contributed by atoms with Gasteiger partial charge in [-0.05, 0) is 17.1 Å². The minimum absolute atomic E-state index is 0.0254. The molecule has 0 radical (unpaired) electrons. The van der Waals surface area contributed by atoms with E-state index in [1.165, 1.54) is 16.7 Å². The Morgan fingerprint density at radius 3 is 2.93 bits per heavy atom. The molecule has 1 unspecified atom stereocenters. The zero-order valence-corrected chi connectivity index (χ0v) is 13.3. The van der Waals surface area contributed by atoms with Gasteiger partial charge in [-0.15, -0.1) is 13.2 Å². The number of carbonyl (C=O) groups is 1. The summed E-state index contributed by atoms with van der Waals surface area (Å²) in [4.78, 5) is 25.6. The van der Waals surface area contributed by atoms with Crippen LogP contribution in [0, 0.1) is 10.1 Å². The van der Waals surface area contributed by atoms with Crippen LogP contribution in [0.25, 0.3) is 0 Å². The molecule has 1 amide bonds. The van der Waals surface area contributed by atoms with Gasteiger partial charge in [0.05, 0.1) is 6.54 Å². The summed E-state index contributed by atoms with van der Waals surface area (Å²) in [5.41, 5.74) is 0.0254. The third-order valence-corrected chi connectivity index (χ3v) is 3.30. The van der Waals surface area contributed by atoms with Crippen molar-refractivity contribution in [3.8, 4) is 11.8 Å². The van der Waals surface area contributed by atoms with Crippen molar-refractivity contribution >= 4 is 17.6 Å². The Morgan fingerprint density at radius 1 is 1.44 bits per heavy atom. The fourth-order valence-electron chi connectivity index (χ4n) is 2.30. The Morgan fingerprint density at radius 2 is 2.22 bits per heavy atom. The summed E-state index contributed by atoms with van der Waals surface area (Å²) in [5, 5.41) is 13.0. The molecular formula is C14H11F3N4O6. The number of carbonyl (C=O) groups excluding carboxylic acids is 1. The first-order valence-electron chi connectivity index (χ1n) is 7.37. The van der Waals surface area contributed by atoms with Gasteiger partial charge in [0.25, 0.3) is 0 Å². The molecule has 10 nitrogen and oxygen atoms in total. The number of ether oxygens (including phenoxy) is 3. The van der Waals surface area contributed by atoms with E-state index < -0.39 is 35.1 Å². The Kier molecular flexibility index (Phi) is 4.75. The van der Waals surface area contributed by atoms with Gasteiger partial charge in [0.2, 0.25) is 0 Å². The third-order valence-electron chi connectivity index (χ3n) is 3.30. The van der Waals surface area contributed by atoms with Crippen molar-refractivity contribution in [2.45, 2.75) is 19.0 Å². The van der Waals surface area contributed by atoms with Crippen LogP contribution in [0.1, 0.15) is 0 Å². The zero-order chi connectivity index (χ0) is 19.6. The Bertz CT molecular complexity index is 869. The molecule has 0 bridgehead atoms. The molecule has 1 aliphatic heterocycles. The van der Waals surface area contributed by atoms with Crippen molar-refractivity contribution in [3.05, 3.63) is 40.6 Å². The highest BCUT2D eigenvalue weighted by molar-refractivity contribution is 5.85. The summed E-state index contributed by atoms with van der Waals surface area (Å²) in [6.45, 7) is -0.0143. The molecule has 0 aliphatic carbocycles. The molecule has 27 heavy (non-hydrogen) atoms. The molecule has 1 N–H and O–H groups in total. The summed E-state index contributed by atoms with van der Waals surface area (Å²) in [5.74, 6) is -0.909. The number of imidazole rings is 1. The second kappa shape index (κ2) is 7.01. The molecule has 0 fully saturated rings. The van der Waals surface area contributed by atoms with E-state index in [1.807, 2.05) is 0 Å². The van der Waals surface area contributed by atoms with E-state index in [-0.39, 0.29) is 24.8 Å². The number of halogens is 3. The van der Waals surface area contributed by atoms with Gasteiger partial charge in [-0.1, -0.05) is 6.07 Å². The lowest BCUT2D eigenvalue weighted by atomic mass is 10.3. The van der Waals surface area contributed by atoms with E-state index >= 15 is 0 Å². The topological polar surface area (TPSA) is 118 Å². The van der Waals surface area contributed by atoms with Gasteiger partial charge in [-0.2, -0.15) is 0 Å². The molecular weight excluding hydrogens is 377 g/mol. The van der Waals surface area contributed by atoms with Crippen LogP contribution >= 0.6 is 0 Å². The van der Waals surface area contributed by atoms with Crippen molar-refractivity contribution in [1.82, 2.24) is 9.55 Å². The van der Waals surface area contributed by atoms with E-state index in [2.05, 4.69) is 15.0 Å². The Hall–Kier alpha value is -3.51. The first-order chi connectivity index (χ1) is 12.7. The van der Waals surface area contributed by atoms with Crippen molar-refractivity contribution < 1.29 is 37.1 Å². The van der Waals surface area contributed by atoms with Gasteiger partial charge in [-0.3, -0.25) is 9.88 Å². The van der Waals surface area contributed by atoms with Crippen molar-refractivity contribution in [2.75, 3.05) is 11.9 Å². The average molecular weight is 388 g/mol. The van der Waals surface area contributed by atoms with Crippen LogP contribution in [0.5, 0.6) is 11.8 Å². The van der Waals surface area contributed by atoms with Crippen LogP contribution in [-0.2, 0) is 11.3 Å². The average Bonchev–Trinajstić information content (AvgIpc) is 2.97. The number of alkyl halides is 3. The van der Waals surface area contributed by atoms with Crippen LogP contribution in [0.4, 0.5) is 29.5 Å². The molecule has 0 saturated carbocycles. The van der Waals surface area contributed by atoms with Crippen molar-refractivity contribution in [3.63, 3.8) is 0 Å². The van der Waals surface area contributed by atoms with Crippen molar-refractivity contribution in [1.29, 1.82) is 0 Å². The van der Waals surface area contributed by atoms with Crippen molar-refractivity contribution in [2.24, 2.45) is 0 Å². The largest absolute Gasteiger partial charge is 0.573 e. The first kappa shape index (κ1) is 18.3. The van der Waals surface area contributed by atoms with Gasteiger partial charge < -0.3 is 24.3 Å². The lowest BCUT2D eigenvalue weighted by Crippen LogP contribution is -2.35. The van der Waals surface area contributed by atoms with Gasteiger partial charge in [0.15, 0.2) is 6.10 Å². The number of fused-ring (bicyclic) bond motifs is 1. The highest BCUT2D eigenvalue weighted by Gasteiger charge is 2.31. The quantitative estimate of drug-likeness (QED) is 0.632. The Labute approximate surface area is 148 Å². The van der Waals surface area contributed by atoms with E-state index in [9.17, 15) is 28.1 Å². The summed E-state index contributed by atoms with van der Waals surface area (Å²) in [7, 11) is 0. The fourth-order valence-corrected chi connectivity index (χ4v) is 2.30. The molecule has 2 aromatic rings. The SMILES string of the molecule is O=C(Nc1cccc(OC(F)(F)F)c1)OC1COc2nc([N+](=O)[O-])cn2C1. The predicted octanol–water partition coefficient (Wildman–Crippen LogP) is 2.70. The number of nitro groups is 1. The van der Waals surface area contributed by atoms with Gasteiger partial charge in [0, 0.05) is 16.7 Å². The number of amides is 1. The molecule has 0 spiro atoms. The molecule has 0 saturated heterocycles. The van der Waals surface area contributed by atoms with Gasteiger partial charge in [-0.25, -0.2) is 4.79 Å². The van der Waals surface area contributed by atoms with E-state index in [0.717, 1.165) is 18.3 Å². The number of rotatable bonds is 4. The third kappa shape index (κ3) is 4.77. The molecule has 13 heteroatoms. The monoisotopic (exact) mass is 388 g/mol. The maximum absolute atomic E-state index is 12.2. The summed E-state index contributed by atoms with van der Waals surface area (Å²) < 4.78 is 52.0. The fraction of sp³-hybridized carbons (Fsp3) is 0.286. The summed E-state index contributed by atoms with van der Waals surface area (Å²) in [6, 6.07) is 4.69. The number of nitrogens with zero attached hydrogens (tertiary/aromatic N) is 3. The zero-order valence-electron chi connectivity index (χ0n) is 13.3. The van der Waals surface area contributed by atoms with Crippen LogP contribution in [0.2, 0.25) is 0 Å². The number of nitrogens with one attached hydrogen (secondary N) is 1. The van der Waals surface area contributed by atoms with Crippen LogP contribution in [-0.4, -0.2) is 39.6 Å². The van der Waals surface area contributed by atoms with E-state index in [0.29, 0.717) is 0 Å². The second-order valence-electron chi connectivity index (χ2n) is 5.33. The van der Waals surface area contributed by atoms with E-state index in [4.69, 9.17) is 9.47 Å². The molecule has 144 valence electrons. The smallest absolute Gasteiger partial charge is 0.442 e. The molecule has 2 heterocycles. The number of anilines is 1. The predicted molar refractivity (Wildman–Crippen MR) is 81.4 cm³/mol. The minimum atomic E-state index is -4.86. The Balaban J connectivity index is 1.58. The molecule has 1 aromatic heterocycles. The van der Waals surface area contributed by atoms with Gasteiger partial charge >= 0.3 is 24.3 Å². The highest BCUT2D eigenvalue weighted by Crippen LogP contribution is 2.26. The summed E-state index contributed by atoms with van der Waals surface area (Å²) in [6.07, 6.45) is -5.43. The van der Waals surface area contributed by atoms with Gasteiger partial charge in [0.1, 0.15) is 18.6 Å². The molecule has 1 aliphatic rings. The minimum Gasteiger partial charge on any atom is -0.442 e. The number of hydrogen-bond donors (Lipinski definition) is 1. The normalized spacial score (nSPS) is 16.0. The van der Waals surface area contributed by atoms with Crippen LogP contribution in [0.15, 0.2) is 30.5 Å². The molecule has 1 atom stereocenters. The molecule has 1 aromatic carbocycles. The maximum Gasteiger partial charge on any atom is 0.573 e. The maximum atomic E-state index is 12.2. The summed E-state index contributed by atoms with van der Waals surface area (Å²) >= 11 is 0. The molecule has 3 rings (SSSR count). The highest BCUT2D eigenvalue weighted by atomic mass is 19.4. The lowest BCUT2D eigenvalue weighted by molar-refractivity contribution is -0.389. The number of hydrogen-bond acceptors (Lipinski definition) is 7. The number of aromatic nitrogens is 2.